The van der Waals surface area contributed by atoms with E-state index in [1.807, 2.05) is 27.0 Å². The van der Waals surface area contributed by atoms with Crippen LogP contribution >= 0.6 is 0 Å². The van der Waals surface area contributed by atoms with Gasteiger partial charge in [-0.15, -0.1) is 0 Å². The predicted molar refractivity (Wildman–Crippen MR) is 49.4 cm³/mol. The molecule has 0 amide bonds. The van der Waals surface area contributed by atoms with Crippen molar-refractivity contribution in [3.8, 4) is 0 Å². The van der Waals surface area contributed by atoms with E-state index < -0.39 is 5.67 Å². The van der Waals surface area contributed by atoms with Crippen molar-refractivity contribution in [3.63, 3.8) is 0 Å². The summed E-state index contributed by atoms with van der Waals surface area (Å²) >= 11 is 0. The van der Waals surface area contributed by atoms with Crippen LogP contribution in [0.4, 0.5) is 4.39 Å². The second-order valence-electron chi connectivity index (χ2n) is 3.81. The van der Waals surface area contributed by atoms with Crippen molar-refractivity contribution < 1.29 is 4.39 Å². The van der Waals surface area contributed by atoms with E-state index in [4.69, 9.17) is 0 Å². The summed E-state index contributed by atoms with van der Waals surface area (Å²) in [7, 11) is 0. The molecular weight excluding hydrogens is 167 g/mol. The van der Waals surface area contributed by atoms with E-state index >= 15 is 0 Å². The zero-order valence-electron chi connectivity index (χ0n) is 8.34. The van der Waals surface area contributed by atoms with Crippen molar-refractivity contribution in [1.29, 1.82) is 0 Å². The van der Waals surface area contributed by atoms with Crippen molar-refractivity contribution in [3.05, 3.63) is 18.0 Å². The maximum absolute atomic E-state index is 13.2. The van der Waals surface area contributed by atoms with E-state index in [-0.39, 0.29) is 5.54 Å². The molecule has 2 saturated carbocycles. The lowest BCUT2D eigenvalue weighted by Gasteiger charge is -1.99. The highest BCUT2D eigenvalue weighted by Gasteiger charge is 2.87. The van der Waals surface area contributed by atoms with Crippen molar-refractivity contribution in [1.82, 2.24) is 9.78 Å². The average molecular weight is 182 g/mol. The normalized spacial score (nSPS) is 38.8. The number of hydrogen-bond donors (Lipinski definition) is 0. The van der Waals surface area contributed by atoms with Gasteiger partial charge in [-0.05, 0) is 12.5 Å². The first kappa shape index (κ1) is 8.73. The largest absolute Gasteiger partial charge is 0.263 e. The second-order valence-corrected chi connectivity index (χ2v) is 3.81. The van der Waals surface area contributed by atoms with Crippen molar-refractivity contribution >= 4 is 0 Å². The summed E-state index contributed by atoms with van der Waals surface area (Å²) in [5.41, 5.74) is 0.0488. The molecule has 1 aromatic heterocycles. The number of rotatable bonds is 1. The van der Waals surface area contributed by atoms with Gasteiger partial charge in [0.15, 0.2) is 0 Å². The first-order valence-corrected chi connectivity index (χ1v) is 4.87. The van der Waals surface area contributed by atoms with Crippen LogP contribution < -0.4 is 0 Å². The monoisotopic (exact) mass is 182 g/mol. The minimum absolute atomic E-state index is 0.193. The third-order valence-electron chi connectivity index (χ3n) is 2.88. The fourth-order valence-electron chi connectivity index (χ4n) is 1.80. The summed E-state index contributed by atoms with van der Waals surface area (Å²) in [6, 6.07) is 0. The Morgan fingerprint density at radius 1 is 1.46 bits per heavy atom. The Kier molecular flexibility index (Phi) is 1.57. The summed E-state index contributed by atoms with van der Waals surface area (Å²) < 4.78 is 15.0. The number of aromatic nitrogens is 2. The zero-order chi connectivity index (χ0) is 9.69. The van der Waals surface area contributed by atoms with Gasteiger partial charge < -0.3 is 0 Å². The van der Waals surface area contributed by atoms with E-state index in [0.29, 0.717) is 12.8 Å². The van der Waals surface area contributed by atoms with Gasteiger partial charge in [-0.25, -0.2) is 4.39 Å². The van der Waals surface area contributed by atoms with Crippen molar-refractivity contribution in [2.45, 2.75) is 44.8 Å². The Balaban J connectivity index is 0.000000308. The van der Waals surface area contributed by atoms with Crippen LogP contribution in [0.2, 0.25) is 0 Å². The zero-order valence-corrected chi connectivity index (χ0v) is 8.34. The fraction of sp³-hybridized carbons (Fsp3) is 0.700. The number of halogens is 1. The summed E-state index contributed by atoms with van der Waals surface area (Å²) in [5, 5.41) is 4.11. The van der Waals surface area contributed by atoms with Crippen LogP contribution in [0.5, 0.6) is 0 Å². The maximum atomic E-state index is 13.2. The summed E-state index contributed by atoms with van der Waals surface area (Å²) in [6.07, 6.45) is 5.07. The molecule has 0 N–H and O–H groups in total. The van der Waals surface area contributed by atoms with Crippen LogP contribution in [0.1, 0.15) is 32.3 Å². The molecule has 3 heteroatoms. The van der Waals surface area contributed by atoms with Crippen LogP contribution in [0.3, 0.4) is 0 Å². The molecule has 0 aromatic carbocycles. The van der Waals surface area contributed by atoms with Gasteiger partial charge in [0.25, 0.3) is 0 Å². The molecule has 1 heterocycles. The lowest BCUT2D eigenvalue weighted by atomic mass is 10.3. The molecule has 0 radical (unpaired) electrons. The Morgan fingerprint density at radius 3 is 2.31 bits per heavy atom. The van der Waals surface area contributed by atoms with E-state index in [0.717, 1.165) is 5.56 Å². The Labute approximate surface area is 77.8 Å². The molecule has 2 fully saturated rings. The van der Waals surface area contributed by atoms with E-state index in [2.05, 4.69) is 5.10 Å². The third kappa shape index (κ3) is 0.960. The Bertz CT molecular complexity index is 323. The first-order valence-electron chi connectivity index (χ1n) is 4.87. The lowest BCUT2D eigenvalue weighted by molar-refractivity contribution is 0.389. The van der Waals surface area contributed by atoms with E-state index in [1.165, 1.54) is 0 Å². The highest BCUT2D eigenvalue weighted by molar-refractivity contribution is 5.38. The van der Waals surface area contributed by atoms with E-state index in [9.17, 15) is 4.39 Å². The minimum atomic E-state index is -0.870. The quantitative estimate of drug-likeness (QED) is 0.652. The Hall–Kier alpha value is -0.860. The highest BCUT2D eigenvalue weighted by Crippen LogP contribution is 2.78. The molecule has 0 saturated heterocycles. The molecule has 3 rings (SSSR count). The van der Waals surface area contributed by atoms with Gasteiger partial charge in [0.05, 0.1) is 6.20 Å². The lowest BCUT2D eigenvalue weighted by Crippen LogP contribution is -2.06. The molecule has 13 heavy (non-hydrogen) atoms. The highest BCUT2D eigenvalue weighted by atomic mass is 19.1. The van der Waals surface area contributed by atoms with Crippen molar-refractivity contribution in [2.24, 2.45) is 0 Å². The first-order chi connectivity index (χ1) is 6.16. The number of aryl methyl sites for hydroxylation is 1. The fourth-order valence-corrected chi connectivity index (χ4v) is 1.80. The summed E-state index contributed by atoms with van der Waals surface area (Å²) in [6.45, 7) is 5.98. The molecular formula is C10H15FN2. The van der Waals surface area contributed by atoms with Gasteiger partial charge in [-0.3, -0.25) is 4.68 Å². The van der Waals surface area contributed by atoms with Crippen LogP contribution in [-0.2, 0) is 5.54 Å². The number of hydrogen-bond acceptors (Lipinski definition) is 1. The molecule has 2 aliphatic carbocycles. The van der Waals surface area contributed by atoms with Gasteiger partial charge in [0.1, 0.15) is 11.2 Å². The third-order valence-corrected chi connectivity index (χ3v) is 2.88. The SMILES string of the molecule is CC.Cc1cnn(C23CC2(F)C3)c1. The summed E-state index contributed by atoms with van der Waals surface area (Å²) in [4.78, 5) is 0. The topological polar surface area (TPSA) is 17.8 Å². The minimum Gasteiger partial charge on any atom is -0.263 e. The number of alkyl halides is 1. The number of fused-ring (bicyclic) bond motifs is 1. The molecule has 72 valence electrons. The Morgan fingerprint density at radius 2 is 2.00 bits per heavy atom. The molecule has 0 spiro atoms. The maximum Gasteiger partial charge on any atom is 0.141 e. The van der Waals surface area contributed by atoms with E-state index in [1.54, 1.807) is 10.9 Å². The molecule has 0 unspecified atom stereocenters. The number of nitrogens with zero attached hydrogens (tertiary/aromatic N) is 2. The van der Waals surface area contributed by atoms with Crippen LogP contribution in [0.15, 0.2) is 12.4 Å². The standard InChI is InChI=1S/C8H9FN2.C2H6/c1-6-2-10-11(3-6)8-4-7(8,9)5-8;1-2/h2-3H,4-5H2,1H3;1-2H3. The second kappa shape index (κ2) is 2.34. The van der Waals surface area contributed by atoms with Gasteiger partial charge in [0.2, 0.25) is 0 Å². The van der Waals surface area contributed by atoms with Gasteiger partial charge in [-0.1, -0.05) is 13.8 Å². The van der Waals surface area contributed by atoms with Gasteiger partial charge >= 0.3 is 0 Å². The van der Waals surface area contributed by atoms with Crippen LogP contribution in [0, 0.1) is 6.92 Å². The average Bonchev–Trinajstić information content (AvgIpc) is 2.74. The predicted octanol–water partition coefficient (Wildman–Crippen LogP) is 2.43. The van der Waals surface area contributed by atoms with Crippen molar-refractivity contribution in [2.75, 3.05) is 0 Å². The van der Waals surface area contributed by atoms with Gasteiger partial charge in [0, 0.05) is 19.0 Å². The summed E-state index contributed by atoms with van der Waals surface area (Å²) in [5.74, 6) is 0. The van der Waals surface area contributed by atoms with Crippen LogP contribution in [0.25, 0.3) is 0 Å². The molecule has 2 aliphatic rings. The molecule has 0 aliphatic heterocycles. The smallest absolute Gasteiger partial charge is 0.141 e. The molecule has 0 atom stereocenters. The van der Waals surface area contributed by atoms with Gasteiger partial charge in [-0.2, -0.15) is 5.10 Å². The molecule has 0 bridgehead atoms. The molecule has 1 aromatic rings. The van der Waals surface area contributed by atoms with Crippen LogP contribution in [-0.4, -0.2) is 15.4 Å². The molecule has 2 nitrogen and oxygen atoms in total.